The molecular formula is C21H16ClFN4O2. The fourth-order valence-electron chi connectivity index (χ4n) is 3.25. The van der Waals surface area contributed by atoms with Gasteiger partial charge in [-0.05, 0) is 18.2 Å². The number of hydrogen-bond donors (Lipinski definition) is 0. The van der Waals surface area contributed by atoms with E-state index in [0.29, 0.717) is 16.3 Å². The van der Waals surface area contributed by atoms with E-state index in [9.17, 15) is 14.0 Å². The Hall–Kier alpha value is -3.45. The summed E-state index contributed by atoms with van der Waals surface area (Å²) in [7, 11) is 0. The Morgan fingerprint density at radius 1 is 1.10 bits per heavy atom. The average molecular weight is 411 g/mol. The molecule has 4 rings (SSSR count). The molecule has 0 N–H and O–H groups in total. The summed E-state index contributed by atoms with van der Waals surface area (Å²) in [5, 5.41) is 0.336. The third-order valence-corrected chi connectivity index (χ3v) is 4.92. The molecule has 0 amide bonds. The lowest BCUT2D eigenvalue weighted by atomic mass is 10.2. The first-order chi connectivity index (χ1) is 14.0. The highest BCUT2D eigenvalue weighted by molar-refractivity contribution is 6.32. The molecule has 2 aromatic carbocycles. The van der Waals surface area contributed by atoms with E-state index >= 15 is 0 Å². The zero-order valence-corrected chi connectivity index (χ0v) is 16.0. The van der Waals surface area contributed by atoms with E-state index in [0.717, 1.165) is 4.57 Å². The van der Waals surface area contributed by atoms with Gasteiger partial charge in [0.05, 0.1) is 23.6 Å². The molecule has 4 aromatic rings. The minimum Gasteiger partial charge on any atom is -0.320 e. The van der Waals surface area contributed by atoms with Crippen LogP contribution < -0.4 is 11.2 Å². The van der Waals surface area contributed by atoms with Crippen molar-refractivity contribution in [2.75, 3.05) is 0 Å². The molecule has 0 fully saturated rings. The lowest BCUT2D eigenvalue weighted by molar-refractivity contribution is 0.600. The number of rotatable bonds is 5. The summed E-state index contributed by atoms with van der Waals surface area (Å²) >= 11 is 6.31. The normalized spacial score (nSPS) is 11.1. The average Bonchev–Trinajstić information content (AvgIpc) is 3.12. The predicted octanol–water partition coefficient (Wildman–Crippen LogP) is 3.38. The predicted molar refractivity (Wildman–Crippen MR) is 110 cm³/mol. The Balaban J connectivity index is 2.05. The van der Waals surface area contributed by atoms with Crippen molar-refractivity contribution in [2.45, 2.75) is 13.1 Å². The molecular weight excluding hydrogens is 395 g/mol. The number of para-hydroxylation sites is 1. The van der Waals surface area contributed by atoms with Gasteiger partial charge in [0.2, 0.25) is 0 Å². The highest BCUT2D eigenvalue weighted by Gasteiger charge is 2.20. The molecule has 0 radical (unpaired) electrons. The molecule has 0 atom stereocenters. The number of benzene rings is 2. The Labute approximate surface area is 169 Å². The molecule has 0 unspecified atom stereocenters. The van der Waals surface area contributed by atoms with Crippen molar-refractivity contribution in [1.82, 2.24) is 18.7 Å². The molecule has 2 aromatic heterocycles. The van der Waals surface area contributed by atoms with Gasteiger partial charge in [0.1, 0.15) is 5.82 Å². The van der Waals surface area contributed by atoms with Gasteiger partial charge in [0.15, 0.2) is 11.2 Å². The molecule has 0 saturated carbocycles. The van der Waals surface area contributed by atoms with Crippen LogP contribution in [-0.2, 0) is 13.1 Å². The van der Waals surface area contributed by atoms with Gasteiger partial charge < -0.3 is 4.57 Å². The van der Waals surface area contributed by atoms with E-state index in [4.69, 9.17) is 11.6 Å². The lowest BCUT2D eigenvalue weighted by Gasteiger charge is -2.13. The van der Waals surface area contributed by atoms with E-state index in [1.54, 1.807) is 42.5 Å². The SMILES string of the molecule is C=CCn1c(=O)c2c(ncn2Cc2ccccc2F)n(-c2ccccc2Cl)c1=O. The summed E-state index contributed by atoms with van der Waals surface area (Å²) < 4.78 is 18.0. The maximum atomic E-state index is 14.1. The van der Waals surface area contributed by atoms with Gasteiger partial charge in [-0.15, -0.1) is 6.58 Å². The van der Waals surface area contributed by atoms with E-state index in [1.165, 1.54) is 27.6 Å². The quantitative estimate of drug-likeness (QED) is 0.474. The fourth-order valence-corrected chi connectivity index (χ4v) is 3.47. The Kier molecular flexibility index (Phi) is 4.90. The summed E-state index contributed by atoms with van der Waals surface area (Å²) in [6.07, 6.45) is 2.88. The van der Waals surface area contributed by atoms with Crippen LogP contribution in [0.25, 0.3) is 16.9 Å². The van der Waals surface area contributed by atoms with Gasteiger partial charge >= 0.3 is 5.69 Å². The Morgan fingerprint density at radius 3 is 2.55 bits per heavy atom. The molecule has 8 heteroatoms. The molecule has 2 heterocycles. The van der Waals surface area contributed by atoms with Crippen LogP contribution in [0.3, 0.4) is 0 Å². The van der Waals surface area contributed by atoms with E-state index in [1.807, 2.05) is 0 Å². The minimum atomic E-state index is -0.577. The van der Waals surface area contributed by atoms with Crippen molar-refractivity contribution >= 4 is 22.8 Å². The molecule has 0 spiro atoms. The van der Waals surface area contributed by atoms with Crippen LogP contribution in [0.4, 0.5) is 4.39 Å². The number of hydrogen-bond acceptors (Lipinski definition) is 3. The zero-order chi connectivity index (χ0) is 20.5. The Bertz CT molecular complexity index is 1350. The molecule has 6 nitrogen and oxygen atoms in total. The van der Waals surface area contributed by atoms with Crippen LogP contribution in [0.15, 0.2) is 77.1 Å². The van der Waals surface area contributed by atoms with Crippen molar-refractivity contribution < 1.29 is 4.39 Å². The monoisotopic (exact) mass is 410 g/mol. The van der Waals surface area contributed by atoms with Crippen molar-refractivity contribution in [2.24, 2.45) is 0 Å². The lowest BCUT2D eigenvalue weighted by Crippen LogP contribution is -2.39. The van der Waals surface area contributed by atoms with Crippen LogP contribution in [0, 0.1) is 5.82 Å². The third kappa shape index (κ3) is 3.19. The standard InChI is InChI=1S/C21H16ClFN4O2/c1-2-11-26-20(28)18-19(27(21(26)29)17-10-6-4-8-15(17)22)24-13-25(18)12-14-7-3-5-9-16(14)23/h2-10,13H,1,11-12H2. The van der Waals surface area contributed by atoms with Gasteiger partial charge in [0, 0.05) is 12.1 Å². The minimum absolute atomic E-state index is 0.0168. The first-order valence-electron chi connectivity index (χ1n) is 8.83. The summed E-state index contributed by atoms with van der Waals surface area (Å²) in [6, 6.07) is 13.1. The molecule has 0 aliphatic rings. The molecule has 0 bridgehead atoms. The summed E-state index contributed by atoms with van der Waals surface area (Å²) in [5.74, 6) is -0.389. The van der Waals surface area contributed by atoms with Crippen molar-refractivity contribution in [3.63, 3.8) is 0 Å². The maximum Gasteiger partial charge on any atom is 0.337 e. The number of nitrogens with zero attached hydrogens (tertiary/aromatic N) is 4. The number of fused-ring (bicyclic) bond motifs is 1. The van der Waals surface area contributed by atoms with Gasteiger partial charge in [-0.3, -0.25) is 9.36 Å². The summed E-state index contributed by atoms with van der Waals surface area (Å²) in [4.78, 5) is 30.4. The smallest absolute Gasteiger partial charge is 0.320 e. The number of allylic oxidation sites excluding steroid dienone is 1. The molecule has 0 aliphatic heterocycles. The van der Waals surface area contributed by atoms with E-state index < -0.39 is 11.2 Å². The summed E-state index contributed by atoms with van der Waals surface area (Å²) in [6.45, 7) is 3.73. The highest BCUT2D eigenvalue weighted by Crippen LogP contribution is 2.21. The van der Waals surface area contributed by atoms with Crippen LogP contribution in [0.1, 0.15) is 5.56 Å². The first kappa shape index (κ1) is 18.9. The van der Waals surface area contributed by atoms with Crippen LogP contribution >= 0.6 is 11.6 Å². The van der Waals surface area contributed by atoms with E-state index in [2.05, 4.69) is 11.6 Å². The topological polar surface area (TPSA) is 61.8 Å². The fraction of sp³-hybridized carbons (Fsp3) is 0.0952. The van der Waals surface area contributed by atoms with Crippen LogP contribution in [-0.4, -0.2) is 18.7 Å². The van der Waals surface area contributed by atoms with Gasteiger partial charge in [0.25, 0.3) is 5.56 Å². The van der Waals surface area contributed by atoms with Crippen molar-refractivity contribution in [3.05, 3.63) is 105 Å². The van der Waals surface area contributed by atoms with Gasteiger partial charge in [-0.1, -0.05) is 48.0 Å². The molecule has 146 valence electrons. The second kappa shape index (κ2) is 7.52. The molecule has 29 heavy (non-hydrogen) atoms. The van der Waals surface area contributed by atoms with Crippen molar-refractivity contribution in [3.8, 4) is 5.69 Å². The second-order valence-corrected chi connectivity index (χ2v) is 6.82. The van der Waals surface area contributed by atoms with Crippen LogP contribution in [0.5, 0.6) is 0 Å². The summed E-state index contributed by atoms with van der Waals surface area (Å²) in [5.41, 5.74) is 0.0307. The Morgan fingerprint density at radius 2 is 1.83 bits per heavy atom. The third-order valence-electron chi connectivity index (χ3n) is 4.60. The van der Waals surface area contributed by atoms with Crippen molar-refractivity contribution in [1.29, 1.82) is 0 Å². The first-order valence-corrected chi connectivity index (χ1v) is 9.20. The van der Waals surface area contributed by atoms with Gasteiger partial charge in [-0.2, -0.15) is 0 Å². The largest absolute Gasteiger partial charge is 0.337 e. The maximum absolute atomic E-state index is 14.1. The number of imidazole rings is 1. The van der Waals surface area contributed by atoms with Gasteiger partial charge in [-0.25, -0.2) is 18.7 Å². The number of aromatic nitrogens is 4. The second-order valence-electron chi connectivity index (χ2n) is 6.41. The molecule has 0 aliphatic carbocycles. The van der Waals surface area contributed by atoms with E-state index in [-0.39, 0.29) is 30.1 Å². The zero-order valence-electron chi connectivity index (χ0n) is 15.3. The highest BCUT2D eigenvalue weighted by atomic mass is 35.5. The van der Waals surface area contributed by atoms with Crippen LogP contribution in [0.2, 0.25) is 5.02 Å². The number of halogens is 2. The molecule has 0 saturated heterocycles.